The molecule has 1 N–H and O–H groups in total. The van der Waals surface area contributed by atoms with E-state index in [4.69, 9.17) is 21.3 Å². The molecule has 1 aromatic carbocycles. The molecule has 18 heteroatoms. The minimum absolute atomic E-state index is 0.00528. The second-order valence-corrected chi connectivity index (χ2v) is 14.4. The van der Waals surface area contributed by atoms with Gasteiger partial charge in [-0.25, -0.2) is 0 Å². The number of aromatic nitrogens is 6. The number of anilines is 2. The van der Waals surface area contributed by atoms with E-state index in [0.29, 0.717) is 94.1 Å². The molecule has 0 bridgehead atoms. The number of rotatable bonds is 6. The van der Waals surface area contributed by atoms with Gasteiger partial charge in [0.05, 0.1) is 41.4 Å². The Morgan fingerprint density at radius 3 is 2.58 bits per heavy atom. The zero-order valence-corrected chi connectivity index (χ0v) is 29.4. The van der Waals surface area contributed by atoms with Crippen molar-refractivity contribution in [3.05, 3.63) is 74.7 Å². The Morgan fingerprint density at radius 2 is 1.91 bits per heavy atom. The van der Waals surface area contributed by atoms with Crippen LogP contribution in [0.4, 0.5) is 24.5 Å². The summed E-state index contributed by atoms with van der Waals surface area (Å²) < 4.78 is 49.6. The molecular formula is C35H35ClF3N9O5. The van der Waals surface area contributed by atoms with Gasteiger partial charge in [0.15, 0.2) is 5.82 Å². The second kappa shape index (κ2) is 13.1. The van der Waals surface area contributed by atoms with Crippen LogP contribution in [0.1, 0.15) is 54.7 Å². The average Bonchev–Trinajstić information content (AvgIpc) is 3.93. The van der Waals surface area contributed by atoms with Gasteiger partial charge < -0.3 is 24.4 Å². The number of alkyl halides is 3. The smallest absolute Gasteiger partial charge is 0.377 e. The Hall–Kier alpha value is -5.03. The molecule has 3 amide bonds. The molecule has 4 aliphatic rings. The van der Waals surface area contributed by atoms with Crippen LogP contribution in [-0.4, -0.2) is 84.4 Å². The number of nitrogens with one attached hydrogen (secondary N) is 1. The second-order valence-electron chi connectivity index (χ2n) is 14.0. The van der Waals surface area contributed by atoms with Crippen molar-refractivity contribution < 1.29 is 32.3 Å². The van der Waals surface area contributed by atoms with Gasteiger partial charge in [0.25, 0.3) is 5.56 Å². The van der Waals surface area contributed by atoms with Crippen molar-refractivity contribution in [2.75, 3.05) is 43.1 Å². The zero-order valence-electron chi connectivity index (χ0n) is 28.7. The number of hydrogen-bond acceptors (Lipinski definition) is 8. The molecule has 53 heavy (non-hydrogen) atoms. The lowest BCUT2D eigenvalue weighted by atomic mass is 9.74. The third-order valence-electron chi connectivity index (χ3n) is 10.9. The lowest BCUT2D eigenvalue weighted by Crippen LogP contribution is -2.49. The van der Waals surface area contributed by atoms with Crippen LogP contribution >= 0.6 is 11.6 Å². The number of hydrogen-bond donors (Lipinski definition) is 1. The van der Waals surface area contributed by atoms with Crippen molar-refractivity contribution in [2.45, 2.75) is 56.7 Å². The van der Waals surface area contributed by atoms with Crippen LogP contribution in [0.5, 0.6) is 0 Å². The van der Waals surface area contributed by atoms with Crippen LogP contribution < -0.4 is 15.8 Å². The lowest BCUT2D eigenvalue weighted by molar-refractivity contribution is -0.141. The molecule has 3 aromatic heterocycles. The first-order valence-corrected chi connectivity index (χ1v) is 17.8. The normalized spacial score (nSPS) is 20.0. The molecule has 14 nitrogen and oxygen atoms in total. The van der Waals surface area contributed by atoms with Gasteiger partial charge in [-0.15, -0.1) is 5.10 Å². The minimum atomic E-state index is -4.60. The van der Waals surface area contributed by atoms with E-state index in [2.05, 4.69) is 15.5 Å². The van der Waals surface area contributed by atoms with Crippen molar-refractivity contribution >= 4 is 52.0 Å². The summed E-state index contributed by atoms with van der Waals surface area (Å²) in [6.45, 7) is 1.62. The Kier molecular flexibility index (Phi) is 8.67. The van der Waals surface area contributed by atoms with Crippen molar-refractivity contribution in [1.82, 2.24) is 33.8 Å². The summed E-state index contributed by atoms with van der Waals surface area (Å²) in [4.78, 5) is 62.9. The molecule has 2 saturated heterocycles. The third kappa shape index (κ3) is 6.18. The molecule has 2 fully saturated rings. The van der Waals surface area contributed by atoms with Gasteiger partial charge in [0, 0.05) is 49.6 Å². The summed E-state index contributed by atoms with van der Waals surface area (Å²) in [7, 11) is 1.76. The highest BCUT2D eigenvalue weighted by Crippen LogP contribution is 2.45. The largest absolute Gasteiger partial charge is 0.416 e. The van der Waals surface area contributed by atoms with Gasteiger partial charge >= 0.3 is 6.18 Å². The van der Waals surface area contributed by atoms with E-state index in [0.717, 1.165) is 23.8 Å². The van der Waals surface area contributed by atoms with Gasteiger partial charge in [0.1, 0.15) is 12.5 Å². The van der Waals surface area contributed by atoms with Gasteiger partial charge in [-0.05, 0) is 62.3 Å². The Balaban J connectivity index is 1.08. The Morgan fingerprint density at radius 1 is 1.11 bits per heavy atom. The summed E-state index contributed by atoms with van der Waals surface area (Å²) in [5, 5.41) is 11.1. The first-order valence-electron chi connectivity index (χ1n) is 17.4. The quantitative estimate of drug-likeness (QED) is 0.294. The number of fused-ring (bicyclic) bond motifs is 3. The Bertz CT molecular complexity index is 2250. The van der Waals surface area contributed by atoms with E-state index < -0.39 is 29.0 Å². The van der Waals surface area contributed by atoms with E-state index in [-0.39, 0.29) is 40.4 Å². The number of halogens is 4. The maximum atomic E-state index is 14.4. The van der Waals surface area contributed by atoms with E-state index in [1.807, 2.05) is 6.08 Å². The van der Waals surface area contributed by atoms with Crippen LogP contribution in [0, 0.1) is 5.92 Å². The molecule has 1 spiro atoms. The molecular weight excluding hydrogens is 719 g/mol. The van der Waals surface area contributed by atoms with Gasteiger partial charge in [0.2, 0.25) is 23.5 Å². The topological polar surface area (TPSA) is 149 Å². The molecule has 1 atom stereocenters. The molecule has 6 heterocycles. The molecule has 3 aliphatic heterocycles. The maximum absolute atomic E-state index is 14.4. The number of nitrogens with zero attached hydrogens (tertiary/aromatic N) is 8. The molecule has 0 saturated carbocycles. The summed E-state index contributed by atoms with van der Waals surface area (Å²) in [5.74, 6) is -1.36. The van der Waals surface area contributed by atoms with Crippen molar-refractivity contribution in [2.24, 2.45) is 13.0 Å². The summed E-state index contributed by atoms with van der Waals surface area (Å²) in [5.41, 5.74) is 0.678. The van der Waals surface area contributed by atoms with Crippen LogP contribution in [0.15, 0.2) is 41.5 Å². The Labute approximate surface area is 305 Å². The van der Waals surface area contributed by atoms with Crippen LogP contribution in [0.3, 0.4) is 0 Å². The number of piperidine rings is 1. The molecule has 0 radical (unpaired) electrons. The standard InChI is InChI=1S/C35H35ClF3N9O5/c1-44-18-22(17-40-44)46-11-5-23(31(46)51)30(50)45-12-9-34(10-13-45)8-4-26-28(34)32(52)48-33(42-29(43-48)20-6-14-53-15-7-20)47(26)19-27(49)41-25-3-2-21(16-24(25)36)35(37,38)39/h2-3,6,16-18,23H,4-5,7-15,19H2,1H3,(H,41,49). The minimum Gasteiger partial charge on any atom is -0.377 e. The summed E-state index contributed by atoms with van der Waals surface area (Å²) in [6, 6.07) is 2.68. The van der Waals surface area contributed by atoms with Crippen LogP contribution in [0.25, 0.3) is 11.4 Å². The molecule has 1 unspecified atom stereocenters. The fourth-order valence-electron chi connectivity index (χ4n) is 8.12. The zero-order chi connectivity index (χ0) is 37.2. The fourth-order valence-corrected chi connectivity index (χ4v) is 8.35. The number of amides is 3. The van der Waals surface area contributed by atoms with E-state index in [1.165, 1.54) is 4.52 Å². The number of carbonyl (C=O) groups excluding carboxylic acids is 3. The highest BCUT2D eigenvalue weighted by Gasteiger charge is 2.48. The predicted octanol–water partition coefficient (Wildman–Crippen LogP) is 3.60. The molecule has 1 aliphatic carbocycles. The van der Waals surface area contributed by atoms with Crippen molar-refractivity contribution in [3.63, 3.8) is 0 Å². The van der Waals surface area contributed by atoms with Crippen LogP contribution in [0.2, 0.25) is 5.02 Å². The number of aryl methyl sites for hydroxylation is 1. The number of ether oxygens (including phenoxy) is 1. The first kappa shape index (κ1) is 35.0. The van der Waals surface area contributed by atoms with Crippen molar-refractivity contribution in [1.29, 1.82) is 0 Å². The summed E-state index contributed by atoms with van der Waals surface area (Å²) >= 11 is 6.14. The predicted molar refractivity (Wildman–Crippen MR) is 185 cm³/mol. The first-order chi connectivity index (χ1) is 25.3. The molecule has 4 aromatic rings. The summed E-state index contributed by atoms with van der Waals surface area (Å²) in [6.07, 6.45) is 3.49. The lowest BCUT2D eigenvalue weighted by Gasteiger charge is -2.40. The third-order valence-corrected chi connectivity index (χ3v) is 11.2. The van der Waals surface area contributed by atoms with Gasteiger partial charge in [-0.3, -0.25) is 23.9 Å². The van der Waals surface area contributed by atoms with Crippen molar-refractivity contribution in [3.8, 4) is 0 Å². The van der Waals surface area contributed by atoms with Gasteiger partial charge in [-0.1, -0.05) is 17.7 Å². The highest BCUT2D eigenvalue weighted by molar-refractivity contribution is 6.33. The number of likely N-dealkylation sites (tertiary alicyclic amines) is 1. The van der Waals surface area contributed by atoms with Crippen LogP contribution in [-0.2, 0) is 50.7 Å². The van der Waals surface area contributed by atoms with E-state index in [1.54, 1.807) is 38.5 Å². The van der Waals surface area contributed by atoms with E-state index in [9.17, 15) is 32.3 Å². The van der Waals surface area contributed by atoms with Gasteiger partial charge in [-0.2, -0.15) is 27.8 Å². The molecule has 278 valence electrons. The fraction of sp³-hybridized carbons (Fsp3) is 0.457. The highest BCUT2D eigenvalue weighted by atomic mass is 35.5. The number of carbonyl (C=O) groups is 3. The number of benzene rings is 1. The molecule has 8 rings (SSSR count). The maximum Gasteiger partial charge on any atom is 0.416 e. The average molecular weight is 754 g/mol. The SMILES string of the molecule is Cn1cc(N2CCC(C(=O)N3CCC4(CCc5c4c(=O)n4nc(C6=CCOCC6)nc4n5CC(=O)Nc4ccc(C(F)(F)F)cc4Cl)CC3)C2=O)cn1. The van der Waals surface area contributed by atoms with E-state index >= 15 is 0 Å². The monoisotopic (exact) mass is 753 g/mol.